The van der Waals surface area contributed by atoms with Gasteiger partial charge in [0.05, 0.1) is 32.4 Å². The molecule has 0 radical (unpaired) electrons. The molecule has 2 aromatic carbocycles. The molecule has 0 saturated heterocycles. The fourth-order valence-electron chi connectivity index (χ4n) is 2.88. The summed E-state index contributed by atoms with van der Waals surface area (Å²) in [5, 5.41) is 3.87. The predicted molar refractivity (Wildman–Crippen MR) is 135 cm³/mol. The Morgan fingerprint density at radius 1 is 1.03 bits per heavy atom. The second-order valence-corrected chi connectivity index (χ2v) is 10.5. The van der Waals surface area contributed by atoms with Crippen molar-refractivity contribution in [2.24, 2.45) is 5.10 Å². The molecular formula is C24H31N3O8S. The number of anilines is 1. The summed E-state index contributed by atoms with van der Waals surface area (Å²) in [6, 6.07) is 11.2. The third-order valence-corrected chi connectivity index (χ3v) is 5.53. The molecule has 2 aromatic rings. The number of esters is 1. The highest BCUT2D eigenvalue weighted by Gasteiger charge is 2.24. The number of nitrogens with one attached hydrogen (secondary N) is 1. The Bertz CT molecular complexity index is 1190. The van der Waals surface area contributed by atoms with E-state index in [9.17, 15) is 18.0 Å². The van der Waals surface area contributed by atoms with Gasteiger partial charge in [-0.25, -0.2) is 18.6 Å². The molecule has 1 amide bonds. The van der Waals surface area contributed by atoms with Gasteiger partial charge in [-0.05, 0) is 62.7 Å². The quantitative estimate of drug-likeness (QED) is 0.271. The number of nitrogens with zero attached hydrogens (tertiary/aromatic N) is 2. The van der Waals surface area contributed by atoms with Crippen molar-refractivity contribution in [1.82, 2.24) is 5.43 Å². The normalized spacial score (nSPS) is 11.6. The number of sulfonamides is 1. The molecule has 36 heavy (non-hydrogen) atoms. The van der Waals surface area contributed by atoms with Crippen LogP contribution in [-0.4, -0.2) is 65.7 Å². The van der Waals surface area contributed by atoms with E-state index in [-0.39, 0.29) is 18.0 Å². The highest BCUT2D eigenvalue weighted by molar-refractivity contribution is 7.92. The van der Waals surface area contributed by atoms with Crippen LogP contribution in [-0.2, 0) is 24.3 Å². The van der Waals surface area contributed by atoms with E-state index in [0.29, 0.717) is 17.1 Å². The summed E-state index contributed by atoms with van der Waals surface area (Å²) < 4.78 is 46.7. The first-order chi connectivity index (χ1) is 16.8. The van der Waals surface area contributed by atoms with Crippen molar-refractivity contribution in [3.8, 4) is 17.2 Å². The molecule has 0 aromatic heterocycles. The number of benzene rings is 2. The standard InChI is InChI=1S/C24H31N3O8S/c1-24(2,3)35-23(29)16-34-18-9-7-17(8-10-18)14-25-26-22(28)15-27(36(6,30)31)20-13-19(32-4)11-12-21(20)33-5/h7-14H,15-16H2,1-6H3,(H,26,28)/b25-14-. The summed E-state index contributed by atoms with van der Waals surface area (Å²) in [5.41, 5.74) is 2.50. The fraction of sp³-hybridized carbons (Fsp3) is 0.375. The van der Waals surface area contributed by atoms with Crippen LogP contribution in [0.5, 0.6) is 17.2 Å². The van der Waals surface area contributed by atoms with Crippen molar-refractivity contribution < 1.29 is 37.0 Å². The van der Waals surface area contributed by atoms with Gasteiger partial charge in [-0.2, -0.15) is 5.10 Å². The number of carbonyl (C=O) groups is 2. The summed E-state index contributed by atoms with van der Waals surface area (Å²) in [6.45, 7) is 4.55. The Morgan fingerprint density at radius 2 is 1.67 bits per heavy atom. The van der Waals surface area contributed by atoms with Gasteiger partial charge in [0.1, 0.15) is 29.4 Å². The maximum absolute atomic E-state index is 12.5. The lowest BCUT2D eigenvalue weighted by Gasteiger charge is -2.23. The van der Waals surface area contributed by atoms with Crippen molar-refractivity contribution in [1.29, 1.82) is 0 Å². The van der Waals surface area contributed by atoms with E-state index in [2.05, 4.69) is 10.5 Å². The van der Waals surface area contributed by atoms with Crippen molar-refractivity contribution in [2.45, 2.75) is 26.4 Å². The lowest BCUT2D eigenvalue weighted by Crippen LogP contribution is -2.39. The zero-order chi connectivity index (χ0) is 26.9. The van der Waals surface area contributed by atoms with E-state index in [1.54, 1.807) is 57.2 Å². The first-order valence-corrected chi connectivity index (χ1v) is 12.6. The molecule has 11 nitrogen and oxygen atoms in total. The monoisotopic (exact) mass is 521 g/mol. The van der Waals surface area contributed by atoms with Crippen LogP contribution in [0.2, 0.25) is 0 Å². The van der Waals surface area contributed by atoms with Crippen LogP contribution in [0.25, 0.3) is 0 Å². The topological polar surface area (TPSA) is 133 Å². The van der Waals surface area contributed by atoms with Gasteiger partial charge in [0.25, 0.3) is 5.91 Å². The summed E-state index contributed by atoms with van der Waals surface area (Å²) >= 11 is 0. The molecule has 2 rings (SSSR count). The molecule has 0 aliphatic carbocycles. The van der Waals surface area contributed by atoms with Crippen LogP contribution < -0.4 is 23.9 Å². The van der Waals surface area contributed by atoms with Crippen molar-refractivity contribution in [3.05, 3.63) is 48.0 Å². The van der Waals surface area contributed by atoms with Crippen LogP contribution in [0.15, 0.2) is 47.6 Å². The molecule has 0 aliphatic rings. The van der Waals surface area contributed by atoms with E-state index in [0.717, 1.165) is 10.6 Å². The third kappa shape index (κ3) is 9.10. The van der Waals surface area contributed by atoms with Gasteiger partial charge in [-0.1, -0.05) is 0 Å². The minimum atomic E-state index is -3.84. The number of ether oxygens (including phenoxy) is 4. The maximum Gasteiger partial charge on any atom is 0.344 e. The number of amides is 1. The predicted octanol–water partition coefficient (Wildman–Crippen LogP) is 2.34. The number of hydrogen-bond donors (Lipinski definition) is 1. The third-order valence-electron chi connectivity index (χ3n) is 4.40. The zero-order valence-corrected chi connectivity index (χ0v) is 21.9. The molecule has 0 bridgehead atoms. The van der Waals surface area contributed by atoms with Gasteiger partial charge in [0.2, 0.25) is 10.0 Å². The number of hydrazone groups is 1. The summed E-state index contributed by atoms with van der Waals surface area (Å²) in [6.07, 6.45) is 2.36. The Balaban J connectivity index is 2.00. The zero-order valence-electron chi connectivity index (χ0n) is 21.1. The van der Waals surface area contributed by atoms with Crippen LogP contribution in [0.4, 0.5) is 5.69 Å². The molecule has 1 N–H and O–H groups in total. The highest BCUT2D eigenvalue weighted by Crippen LogP contribution is 2.33. The lowest BCUT2D eigenvalue weighted by molar-refractivity contribution is -0.157. The van der Waals surface area contributed by atoms with Crippen LogP contribution in [0.3, 0.4) is 0 Å². The SMILES string of the molecule is COc1ccc(OC)c(N(CC(=O)N/N=C\c2ccc(OCC(=O)OC(C)(C)C)cc2)S(C)(=O)=O)c1. The van der Waals surface area contributed by atoms with E-state index < -0.39 is 34.0 Å². The highest BCUT2D eigenvalue weighted by atomic mass is 32.2. The number of rotatable bonds is 11. The number of carbonyl (C=O) groups excluding carboxylic acids is 2. The van der Waals surface area contributed by atoms with Crippen molar-refractivity contribution in [3.63, 3.8) is 0 Å². The molecular weight excluding hydrogens is 490 g/mol. The molecule has 0 unspecified atom stereocenters. The molecule has 0 spiro atoms. The summed E-state index contributed by atoms with van der Waals surface area (Å²) in [5.74, 6) is -0.0367. The molecule has 0 saturated carbocycles. The first-order valence-electron chi connectivity index (χ1n) is 10.8. The van der Waals surface area contributed by atoms with E-state index in [1.807, 2.05) is 0 Å². The second kappa shape index (κ2) is 12.2. The molecule has 0 aliphatic heterocycles. The molecule has 196 valence electrons. The van der Waals surface area contributed by atoms with E-state index >= 15 is 0 Å². The Hall–Kier alpha value is -3.80. The average Bonchev–Trinajstić information content (AvgIpc) is 2.80. The Kier molecular flexibility index (Phi) is 9.68. The van der Waals surface area contributed by atoms with Crippen molar-refractivity contribution in [2.75, 3.05) is 37.9 Å². The van der Waals surface area contributed by atoms with Gasteiger partial charge in [-0.15, -0.1) is 0 Å². The number of methoxy groups -OCH3 is 2. The second-order valence-electron chi connectivity index (χ2n) is 8.54. The van der Waals surface area contributed by atoms with Gasteiger partial charge >= 0.3 is 5.97 Å². The van der Waals surface area contributed by atoms with Crippen LogP contribution in [0, 0.1) is 0 Å². The summed E-state index contributed by atoms with van der Waals surface area (Å²) in [4.78, 5) is 24.2. The van der Waals surface area contributed by atoms with E-state index in [1.165, 1.54) is 26.5 Å². The van der Waals surface area contributed by atoms with Gasteiger partial charge in [-0.3, -0.25) is 9.10 Å². The lowest BCUT2D eigenvalue weighted by atomic mass is 10.2. The Labute approximate surface area is 211 Å². The van der Waals surface area contributed by atoms with Crippen molar-refractivity contribution >= 4 is 33.8 Å². The summed E-state index contributed by atoms with van der Waals surface area (Å²) in [7, 11) is -1.00. The fourth-order valence-corrected chi connectivity index (χ4v) is 3.73. The molecule has 0 fully saturated rings. The van der Waals surface area contributed by atoms with Gasteiger partial charge in [0, 0.05) is 6.07 Å². The van der Waals surface area contributed by atoms with Gasteiger partial charge in [0.15, 0.2) is 6.61 Å². The maximum atomic E-state index is 12.5. The van der Waals surface area contributed by atoms with Crippen LogP contribution >= 0.6 is 0 Å². The largest absolute Gasteiger partial charge is 0.497 e. The minimum absolute atomic E-state index is 0.153. The molecule has 12 heteroatoms. The average molecular weight is 522 g/mol. The first kappa shape index (κ1) is 28.4. The number of hydrogen-bond acceptors (Lipinski definition) is 9. The van der Waals surface area contributed by atoms with Gasteiger partial charge < -0.3 is 18.9 Å². The molecule has 0 atom stereocenters. The molecule has 0 heterocycles. The van der Waals surface area contributed by atoms with E-state index in [4.69, 9.17) is 18.9 Å². The smallest absolute Gasteiger partial charge is 0.344 e. The minimum Gasteiger partial charge on any atom is -0.497 e. The van der Waals surface area contributed by atoms with Crippen LogP contribution in [0.1, 0.15) is 26.3 Å². The Morgan fingerprint density at radius 3 is 2.22 bits per heavy atom.